The molecular formula is C18H28FNO. The van der Waals surface area contributed by atoms with Crippen molar-refractivity contribution < 1.29 is 9.13 Å². The number of rotatable bonds is 6. The number of methoxy groups -OCH3 is 1. The van der Waals surface area contributed by atoms with Gasteiger partial charge in [-0.1, -0.05) is 51.5 Å². The van der Waals surface area contributed by atoms with Crippen LogP contribution in [-0.2, 0) is 0 Å². The fraction of sp³-hybridized carbons (Fsp3) is 0.667. The van der Waals surface area contributed by atoms with Crippen LogP contribution in [0.4, 0.5) is 4.39 Å². The fourth-order valence-electron chi connectivity index (χ4n) is 3.42. The number of hydrogen-bond donors (Lipinski definition) is 1. The largest absolute Gasteiger partial charge is 0.497 e. The molecule has 2 nitrogen and oxygen atoms in total. The van der Waals surface area contributed by atoms with Gasteiger partial charge in [-0.25, -0.2) is 4.39 Å². The minimum absolute atomic E-state index is 0.115. The van der Waals surface area contributed by atoms with Gasteiger partial charge >= 0.3 is 0 Å². The summed E-state index contributed by atoms with van der Waals surface area (Å²) in [6, 6.07) is 5.34. The van der Waals surface area contributed by atoms with Gasteiger partial charge in [0.15, 0.2) is 0 Å². The molecule has 0 spiro atoms. The molecule has 0 heterocycles. The lowest BCUT2D eigenvalue weighted by atomic mass is 9.89. The Kier molecular flexibility index (Phi) is 6.50. The third kappa shape index (κ3) is 4.70. The van der Waals surface area contributed by atoms with Crippen molar-refractivity contribution in [2.24, 2.45) is 5.92 Å². The Bertz CT molecular complexity index is 427. The van der Waals surface area contributed by atoms with Gasteiger partial charge in [0, 0.05) is 17.7 Å². The molecule has 3 heteroatoms. The number of nitrogens with one attached hydrogen (secondary N) is 1. The van der Waals surface area contributed by atoms with Crippen molar-refractivity contribution >= 4 is 0 Å². The SMILES string of the molecule is CCNC(CC1CCCCCC1)c1ccc(OC)cc1F. The van der Waals surface area contributed by atoms with Crippen LogP contribution in [-0.4, -0.2) is 13.7 Å². The van der Waals surface area contributed by atoms with Crippen molar-refractivity contribution in [1.82, 2.24) is 5.32 Å². The maximum Gasteiger partial charge on any atom is 0.131 e. The van der Waals surface area contributed by atoms with Gasteiger partial charge in [0.05, 0.1) is 7.11 Å². The van der Waals surface area contributed by atoms with Gasteiger partial charge in [0.2, 0.25) is 0 Å². The van der Waals surface area contributed by atoms with Gasteiger partial charge in [-0.05, 0) is 24.9 Å². The Morgan fingerprint density at radius 1 is 1.24 bits per heavy atom. The van der Waals surface area contributed by atoms with Crippen LogP contribution in [0.3, 0.4) is 0 Å². The fourth-order valence-corrected chi connectivity index (χ4v) is 3.42. The van der Waals surface area contributed by atoms with E-state index < -0.39 is 0 Å². The minimum Gasteiger partial charge on any atom is -0.497 e. The van der Waals surface area contributed by atoms with Gasteiger partial charge in [-0.2, -0.15) is 0 Å². The zero-order valence-corrected chi connectivity index (χ0v) is 13.3. The molecule has 1 fully saturated rings. The van der Waals surface area contributed by atoms with E-state index in [1.54, 1.807) is 7.11 Å². The van der Waals surface area contributed by atoms with Crippen LogP contribution < -0.4 is 10.1 Å². The maximum atomic E-state index is 14.3. The molecule has 0 radical (unpaired) electrons. The van der Waals surface area contributed by atoms with Crippen molar-refractivity contribution in [1.29, 1.82) is 0 Å². The lowest BCUT2D eigenvalue weighted by Gasteiger charge is -2.24. The third-order valence-electron chi connectivity index (χ3n) is 4.58. The van der Waals surface area contributed by atoms with Crippen LogP contribution in [0.2, 0.25) is 0 Å². The summed E-state index contributed by atoms with van der Waals surface area (Å²) >= 11 is 0. The van der Waals surface area contributed by atoms with Gasteiger partial charge < -0.3 is 10.1 Å². The molecule has 1 aliphatic carbocycles. The van der Waals surface area contributed by atoms with E-state index in [0.717, 1.165) is 24.4 Å². The standard InChI is InChI=1S/C18H28FNO/c1-3-20-18(12-14-8-6-4-5-7-9-14)16-11-10-15(21-2)13-17(16)19/h10-11,13-14,18,20H,3-9,12H2,1-2H3. The molecule has 1 aromatic carbocycles. The highest BCUT2D eigenvalue weighted by Gasteiger charge is 2.21. The number of benzene rings is 1. The monoisotopic (exact) mass is 293 g/mol. The van der Waals surface area contributed by atoms with E-state index in [9.17, 15) is 4.39 Å². The molecule has 0 aliphatic heterocycles. The predicted octanol–water partition coefficient (Wildman–Crippen LogP) is 4.85. The molecule has 118 valence electrons. The Balaban J connectivity index is 2.10. The highest BCUT2D eigenvalue weighted by Crippen LogP contribution is 2.32. The van der Waals surface area contributed by atoms with E-state index in [1.165, 1.54) is 44.6 Å². The van der Waals surface area contributed by atoms with Crippen molar-refractivity contribution in [3.8, 4) is 5.75 Å². The average Bonchev–Trinajstić information content (AvgIpc) is 2.75. The molecule has 2 rings (SSSR count). The quantitative estimate of drug-likeness (QED) is 0.757. The smallest absolute Gasteiger partial charge is 0.131 e. The summed E-state index contributed by atoms with van der Waals surface area (Å²) in [5, 5.41) is 3.46. The lowest BCUT2D eigenvalue weighted by molar-refractivity contribution is 0.352. The molecule has 0 saturated heterocycles. The first kappa shape index (κ1) is 16.3. The van der Waals surface area contributed by atoms with Crippen LogP contribution >= 0.6 is 0 Å². The molecule has 21 heavy (non-hydrogen) atoms. The number of ether oxygens (including phenoxy) is 1. The molecule has 1 aliphatic rings. The summed E-state index contributed by atoms with van der Waals surface area (Å²) in [5.41, 5.74) is 0.780. The summed E-state index contributed by atoms with van der Waals surface area (Å²) in [6.45, 7) is 2.95. The molecule has 0 bridgehead atoms. The second-order valence-corrected chi connectivity index (χ2v) is 6.09. The molecule has 1 N–H and O–H groups in total. The lowest BCUT2D eigenvalue weighted by Crippen LogP contribution is -2.24. The van der Waals surface area contributed by atoms with Crippen LogP contribution in [0, 0.1) is 11.7 Å². The molecule has 1 unspecified atom stereocenters. The zero-order chi connectivity index (χ0) is 15.1. The topological polar surface area (TPSA) is 21.3 Å². The van der Waals surface area contributed by atoms with Gasteiger partial charge in [-0.3, -0.25) is 0 Å². The highest BCUT2D eigenvalue weighted by atomic mass is 19.1. The van der Waals surface area contributed by atoms with Crippen molar-refractivity contribution in [3.05, 3.63) is 29.6 Å². The van der Waals surface area contributed by atoms with E-state index in [2.05, 4.69) is 12.2 Å². The molecule has 1 atom stereocenters. The molecule has 1 aromatic rings. The predicted molar refractivity (Wildman–Crippen MR) is 85.2 cm³/mol. The Morgan fingerprint density at radius 3 is 2.52 bits per heavy atom. The normalized spacial score (nSPS) is 18.2. The second kappa shape index (κ2) is 8.38. The first-order valence-electron chi connectivity index (χ1n) is 8.31. The summed E-state index contributed by atoms with van der Waals surface area (Å²) in [7, 11) is 1.57. The van der Waals surface area contributed by atoms with Gasteiger partial charge in [0.1, 0.15) is 11.6 Å². The molecular weight excluding hydrogens is 265 g/mol. The van der Waals surface area contributed by atoms with Crippen molar-refractivity contribution in [2.75, 3.05) is 13.7 Å². The van der Waals surface area contributed by atoms with Gasteiger partial charge in [-0.15, -0.1) is 0 Å². The average molecular weight is 293 g/mol. The first-order chi connectivity index (χ1) is 10.2. The van der Waals surface area contributed by atoms with E-state index in [1.807, 2.05) is 12.1 Å². The first-order valence-corrected chi connectivity index (χ1v) is 8.31. The molecule has 0 amide bonds. The third-order valence-corrected chi connectivity index (χ3v) is 4.58. The second-order valence-electron chi connectivity index (χ2n) is 6.09. The van der Waals surface area contributed by atoms with Crippen molar-refractivity contribution in [2.45, 2.75) is 57.9 Å². The highest BCUT2D eigenvalue weighted by molar-refractivity contribution is 5.31. The van der Waals surface area contributed by atoms with Crippen LogP contribution in [0.25, 0.3) is 0 Å². The van der Waals surface area contributed by atoms with Crippen molar-refractivity contribution in [3.63, 3.8) is 0 Å². The number of halogens is 1. The van der Waals surface area contributed by atoms with E-state index in [0.29, 0.717) is 5.75 Å². The van der Waals surface area contributed by atoms with Crippen LogP contribution in [0.1, 0.15) is 63.5 Å². The van der Waals surface area contributed by atoms with E-state index in [-0.39, 0.29) is 11.9 Å². The van der Waals surface area contributed by atoms with Gasteiger partial charge in [0.25, 0.3) is 0 Å². The Morgan fingerprint density at radius 2 is 1.95 bits per heavy atom. The summed E-state index contributed by atoms with van der Waals surface area (Å²) in [6.07, 6.45) is 9.00. The van der Waals surface area contributed by atoms with E-state index in [4.69, 9.17) is 4.74 Å². The Hall–Kier alpha value is -1.09. The van der Waals surface area contributed by atoms with Crippen LogP contribution in [0.5, 0.6) is 5.75 Å². The summed E-state index contributed by atoms with van der Waals surface area (Å²) in [4.78, 5) is 0. The number of hydrogen-bond acceptors (Lipinski definition) is 2. The minimum atomic E-state index is -0.158. The van der Waals surface area contributed by atoms with Crippen LogP contribution in [0.15, 0.2) is 18.2 Å². The summed E-state index contributed by atoms with van der Waals surface area (Å²) in [5.74, 6) is 1.15. The molecule has 0 aromatic heterocycles. The Labute approximate surface area is 128 Å². The molecule has 1 saturated carbocycles. The van der Waals surface area contributed by atoms with E-state index >= 15 is 0 Å². The zero-order valence-electron chi connectivity index (χ0n) is 13.3. The summed E-state index contributed by atoms with van der Waals surface area (Å²) < 4.78 is 19.4. The maximum absolute atomic E-state index is 14.3.